The van der Waals surface area contributed by atoms with Gasteiger partial charge in [-0.2, -0.15) is 5.26 Å². The standard InChI is InChI=1S/C22H29N5O4S/c1-14(21(28)26-8-4-6-17(26)11-23)12-25-13-18-10-20(25)22(29)27(18)15(2)16-5-3-7-19(9-16)32(24,30)31/h3,5,7,9,14-15,17-18,20H,4,6,8,10,12-13H2,1-2H3,(H2,24,30,31)/t14-,15+,17-,18+,20+/m0/s1. The fourth-order valence-corrected chi connectivity index (χ4v) is 5.96. The van der Waals surface area contributed by atoms with Gasteiger partial charge in [0.15, 0.2) is 0 Å². The average molecular weight is 460 g/mol. The predicted molar refractivity (Wildman–Crippen MR) is 116 cm³/mol. The van der Waals surface area contributed by atoms with Gasteiger partial charge in [0.2, 0.25) is 21.8 Å². The Labute approximate surface area is 188 Å². The van der Waals surface area contributed by atoms with Crippen LogP contribution in [0, 0.1) is 17.2 Å². The smallest absolute Gasteiger partial charge is 0.240 e. The third-order valence-electron chi connectivity index (χ3n) is 7.02. The molecule has 5 atom stereocenters. The number of piperazine rings is 1. The van der Waals surface area contributed by atoms with E-state index < -0.39 is 10.0 Å². The Kier molecular flexibility index (Phi) is 6.00. The molecule has 3 heterocycles. The number of nitrogens with two attached hydrogens (primary N) is 1. The second kappa shape index (κ2) is 8.46. The van der Waals surface area contributed by atoms with Crippen LogP contribution < -0.4 is 5.14 Å². The van der Waals surface area contributed by atoms with Crippen LogP contribution in [0.4, 0.5) is 0 Å². The lowest BCUT2D eigenvalue weighted by Gasteiger charge is -2.38. The molecule has 2 bridgehead atoms. The van der Waals surface area contributed by atoms with Crippen LogP contribution >= 0.6 is 0 Å². The van der Waals surface area contributed by atoms with Gasteiger partial charge in [-0.25, -0.2) is 13.6 Å². The van der Waals surface area contributed by atoms with Crippen LogP contribution in [-0.4, -0.2) is 72.7 Å². The Balaban J connectivity index is 1.42. The highest BCUT2D eigenvalue weighted by Crippen LogP contribution is 2.38. The highest BCUT2D eigenvalue weighted by Gasteiger charge is 2.51. The van der Waals surface area contributed by atoms with Gasteiger partial charge < -0.3 is 9.80 Å². The number of rotatable bonds is 6. The van der Waals surface area contributed by atoms with E-state index in [-0.39, 0.29) is 46.8 Å². The monoisotopic (exact) mass is 459 g/mol. The first-order chi connectivity index (χ1) is 15.1. The SMILES string of the molecule is C[C@H](c1cccc(S(N)(=O)=O)c1)N1C(=O)[C@H]2C[C@@H]1CN2C[C@H](C)C(=O)N1CCC[C@H]1C#N. The van der Waals surface area contributed by atoms with Crippen molar-refractivity contribution < 1.29 is 18.0 Å². The number of hydrogen-bond acceptors (Lipinski definition) is 6. The summed E-state index contributed by atoms with van der Waals surface area (Å²) in [6.45, 7) is 5.55. The molecule has 4 rings (SSSR count). The molecule has 1 aromatic rings. The number of sulfonamides is 1. The molecule has 10 heteroatoms. The summed E-state index contributed by atoms with van der Waals surface area (Å²) < 4.78 is 23.4. The van der Waals surface area contributed by atoms with Crippen LogP contribution in [0.3, 0.4) is 0 Å². The Morgan fingerprint density at radius 1 is 1.34 bits per heavy atom. The average Bonchev–Trinajstić information content (AvgIpc) is 3.46. The Bertz CT molecular complexity index is 1070. The number of carbonyl (C=O) groups is 2. The van der Waals surface area contributed by atoms with Gasteiger partial charge in [0.05, 0.1) is 23.0 Å². The summed E-state index contributed by atoms with van der Waals surface area (Å²) in [4.78, 5) is 31.7. The summed E-state index contributed by atoms with van der Waals surface area (Å²) in [5.41, 5.74) is 0.726. The maximum atomic E-state index is 13.2. The van der Waals surface area contributed by atoms with Crippen molar-refractivity contribution in [3.05, 3.63) is 29.8 Å². The number of benzene rings is 1. The predicted octanol–water partition coefficient (Wildman–Crippen LogP) is 0.831. The van der Waals surface area contributed by atoms with Gasteiger partial charge in [-0.15, -0.1) is 0 Å². The van der Waals surface area contributed by atoms with Crippen molar-refractivity contribution in [2.75, 3.05) is 19.6 Å². The molecule has 0 unspecified atom stereocenters. The van der Waals surface area contributed by atoms with E-state index in [4.69, 9.17) is 5.14 Å². The number of primary sulfonamides is 1. The second-order valence-electron chi connectivity index (χ2n) is 9.12. The maximum Gasteiger partial charge on any atom is 0.240 e. The van der Waals surface area contributed by atoms with E-state index in [0.29, 0.717) is 26.1 Å². The van der Waals surface area contributed by atoms with E-state index in [2.05, 4.69) is 11.0 Å². The first kappa shape index (κ1) is 22.7. The van der Waals surface area contributed by atoms with Crippen molar-refractivity contribution in [2.24, 2.45) is 11.1 Å². The number of nitriles is 1. The van der Waals surface area contributed by atoms with Crippen LogP contribution in [0.5, 0.6) is 0 Å². The van der Waals surface area contributed by atoms with Gasteiger partial charge in [-0.3, -0.25) is 14.5 Å². The molecule has 172 valence electrons. The summed E-state index contributed by atoms with van der Waals surface area (Å²) in [5, 5.41) is 14.5. The Morgan fingerprint density at radius 3 is 2.75 bits per heavy atom. The number of likely N-dealkylation sites (tertiary alicyclic amines) is 3. The molecule has 9 nitrogen and oxygen atoms in total. The molecule has 0 aliphatic carbocycles. The normalized spacial score (nSPS) is 27.6. The lowest BCUT2D eigenvalue weighted by atomic mass is 10.0. The zero-order valence-electron chi connectivity index (χ0n) is 18.3. The fraction of sp³-hybridized carbons (Fsp3) is 0.591. The molecule has 2 amide bonds. The van der Waals surface area contributed by atoms with Gasteiger partial charge >= 0.3 is 0 Å². The minimum atomic E-state index is -3.82. The van der Waals surface area contributed by atoms with Crippen molar-refractivity contribution in [3.8, 4) is 6.07 Å². The van der Waals surface area contributed by atoms with E-state index in [1.54, 1.807) is 17.0 Å². The molecule has 3 aliphatic heterocycles. The first-order valence-electron chi connectivity index (χ1n) is 11.0. The summed E-state index contributed by atoms with van der Waals surface area (Å²) in [6, 6.07) is 7.75. The molecule has 0 saturated carbocycles. The molecule has 0 spiro atoms. The van der Waals surface area contributed by atoms with Gasteiger partial charge in [0.25, 0.3) is 0 Å². The zero-order chi connectivity index (χ0) is 23.2. The second-order valence-corrected chi connectivity index (χ2v) is 10.7. The van der Waals surface area contributed by atoms with E-state index in [1.807, 2.05) is 18.7 Å². The molecular weight excluding hydrogens is 430 g/mol. The summed E-state index contributed by atoms with van der Waals surface area (Å²) in [6.07, 6.45) is 2.27. The molecule has 32 heavy (non-hydrogen) atoms. The minimum absolute atomic E-state index is 0.00508. The van der Waals surface area contributed by atoms with Crippen LogP contribution in [0.15, 0.2) is 29.2 Å². The van der Waals surface area contributed by atoms with Gasteiger partial charge in [0.1, 0.15) is 6.04 Å². The summed E-state index contributed by atoms with van der Waals surface area (Å²) >= 11 is 0. The summed E-state index contributed by atoms with van der Waals surface area (Å²) in [7, 11) is -3.82. The molecule has 0 radical (unpaired) electrons. The van der Waals surface area contributed by atoms with E-state index >= 15 is 0 Å². The molecule has 3 saturated heterocycles. The topological polar surface area (TPSA) is 128 Å². The number of nitrogens with zero attached hydrogens (tertiary/aromatic N) is 4. The summed E-state index contributed by atoms with van der Waals surface area (Å²) in [5.74, 6) is -0.298. The van der Waals surface area contributed by atoms with Crippen molar-refractivity contribution in [1.82, 2.24) is 14.7 Å². The van der Waals surface area contributed by atoms with Crippen LogP contribution in [0.2, 0.25) is 0 Å². The number of hydrogen-bond donors (Lipinski definition) is 1. The van der Waals surface area contributed by atoms with E-state index in [1.165, 1.54) is 12.1 Å². The highest BCUT2D eigenvalue weighted by atomic mass is 32.2. The molecule has 1 aromatic carbocycles. The van der Waals surface area contributed by atoms with Gasteiger partial charge in [-0.1, -0.05) is 19.1 Å². The van der Waals surface area contributed by atoms with Crippen LogP contribution in [0.25, 0.3) is 0 Å². The maximum absolute atomic E-state index is 13.2. The molecule has 2 N–H and O–H groups in total. The largest absolute Gasteiger partial charge is 0.330 e. The number of amides is 2. The Morgan fingerprint density at radius 2 is 2.09 bits per heavy atom. The quantitative estimate of drug-likeness (QED) is 0.671. The lowest BCUT2D eigenvalue weighted by molar-refractivity contribution is -0.142. The molecular formula is C22H29N5O4S. The lowest BCUT2D eigenvalue weighted by Crippen LogP contribution is -2.53. The fourth-order valence-electron chi connectivity index (χ4n) is 5.39. The van der Waals surface area contributed by atoms with Crippen LogP contribution in [-0.2, 0) is 19.6 Å². The van der Waals surface area contributed by atoms with Crippen molar-refractivity contribution in [2.45, 2.75) is 62.2 Å². The van der Waals surface area contributed by atoms with Gasteiger partial charge in [0, 0.05) is 31.6 Å². The molecule has 3 fully saturated rings. The van der Waals surface area contributed by atoms with E-state index in [0.717, 1.165) is 18.4 Å². The van der Waals surface area contributed by atoms with E-state index in [9.17, 15) is 23.3 Å². The number of carbonyl (C=O) groups excluding carboxylic acids is 2. The zero-order valence-corrected chi connectivity index (χ0v) is 19.2. The third kappa shape index (κ3) is 4.00. The van der Waals surface area contributed by atoms with Crippen molar-refractivity contribution in [1.29, 1.82) is 5.26 Å². The van der Waals surface area contributed by atoms with Crippen molar-refractivity contribution in [3.63, 3.8) is 0 Å². The van der Waals surface area contributed by atoms with Crippen LogP contribution in [0.1, 0.15) is 44.7 Å². The molecule has 3 aliphatic rings. The van der Waals surface area contributed by atoms with Crippen molar-refractivity contribution >= 4 is 21.8 Å². The Hall–Kier alpha value is -2.48. The third-order valence-corrected chi connectivity index (χ3v) is 7.93. The highest BCUT2D eigenvalue weighted by molar-refractivity contribution is 7.89. The minimum Gasteiger partial charge on any atom is -0.330 e. The number of fused-ring (bicyclic) bond motifs is 2. The molecule has 0 aromatic heterocycles. The van der Waals surface area contributed by atoms with Gasteiger partial charge in [-0.05, 0) is 43.9 Å². The first-order valence-corrected chi connectivity index (χ1v) is 12.6.